The van der Waals surface area contributed by atoms with Gasteiger partial charge in [0.2, 0.25) is 0 Å². The van der Waals surface area contributed by atoms with Gasteiger partial charge in [-0.1, -0.05) is 48.5 Å². The van der Waals surface area contributed by atoms with E-state index in [2.05, 4.69) is 34.5 Å². The number of hydrogen-bond donors (Lipinski definition) is 1. The second-order valence-corrected chi connectivity index (χ2v) is 7.55. The van der Waals surface area contributed by atoms with Gasteiger partial charge in [0.25, 0.3) is 0 Å². The van der Waals surface area contributed by atoms with E-state index in [1.54, 1.807) is 17.0 Å². The number of nitrogens with one attached hydrogen (secondary N) is 1. The van der Waals surface area contributed by atoms with Gasteiger partial charge in [-0.25, -0.2) is 0 Å². The Labute approximate surface area is 160 Å². The van der Waals surface area contributed by atoms with E-state index in [1.807, 2.05) is 24.3 Å². The van der Waals surface area contributed by atoms with Crippen molar-refractivity contribution in [1.29, 1.82) is 0 Å². The fourth-order valence-electron chi connectivity index (χ4n) is 4.23. The fraction of sp³-hybridized carbons (Fsp3) is 0.364. The van der Waals surface area contributed by atoms with Crippen LogP contribution in [0.15, 0.2) is 60.7 Å². The Morgan fingerprint density at radius 3 is 2.33 bits per heavy atom. The maximum absolute atomic E-state index is 12.8. The zero-order valence-electron chi connectivity index (χ0n) is 15.4. The molecule has 3 aliphatic heterocycles. The third kappa shape index (κ3) is 4.19. The first-order chi connectivity index (χ1) is 13.2. The maximum atomic E-state index is 12.8. The van der Waals surface area contributed by atoms with Crippen molar-refractivity contribution in [3.63, 3.8) is 0 Å². The Bertz CT molecular complexity index is 794. The summed E-state index contributed by atoms with van der Waals surface area (Å²) in [6.07, 6.45) is 2.10. The Balaban J connectivity index is 1.42. The fourth-order valence-corrected chi connectivity index (χ4v) is 4.23. The van der Waals surface area contributed by atoms with Crippen molar-refractivity contribution in [1.82, 2.24) is 9.80 Å². The van der Waals surface area contributed by atoms with Crippen LogP contribution in [0.1, 0.15) is 18.4 Å². The predicted molar refractivity (Wildman–Crippen MR) is 105 cm³/mol. The number of para-hydroxylation sites is 1. The number of piperidine rings is 1. The van der Waals surface area contributed by atoms with Crippen LogP contribution < -0.4 is 5.32 Å². The highest BCUT2D eigenvalue weighted by atomic mass is 16.2. The molecule has 5 heteroatoms. The topological polar surface area (TPSA) is 52.7 Å². The first-order valence-corrected chi connectivity index (χ1v) is 9.62. The molecular formula is C22H25N3O2. The van der Waals surface area contributed by atoms with Crippen molar-refractivity contribution in [3.05, 3.63) is 66.2 Å². The minimum atomic E-state index is -0.539. The Kier molecular flexibility index (Phi) is 5.21. The molecule has 140 valence electrons. The van der Waals surface area contributed by atoms with Crippen molar-refractivity contribution >= 4 is 17.5 Å². The van der Waals surface area contributed by atoms with Crippen LogP contribution in [-0.4, -0.2) is 47.3 Å². The second kappa shape index (κ2) is 7.92. The van der Waals surface area contributed by atoms with Crippen LogP contribution >= 0.6 is 0 Å². The molecule has 0 spiro atoms. The van der Waals surface area contributed by atoms with Gasteiger partial charge in [0.1, 0.15) is 0 Å². The lowest BCUT2D eigenvalue weighted by Gasteiger charge is -2.35. The van der Waals surface area contributed by atoms with Gasteiger partial charge < -0.3 is 10.2 Å². The number of carbonyl (C=O) groups is 2. The number of benzene rings is 2. The van der Waals surface area contributed by atoms with Crippen LogP contribution in [0, 0.1) is 5.92 Å². The highest BCUT2D eigenvalue weighted by Crippen LogP contribution is 2.29. The molecule has 3 saturated heterocycles. The predicted octanol–water partition coefficient (Wildman–Crippen LogP) is 2.75. The summed E-state index contributed by atoms with van der Waals surface area (Å²) in [6.45, 7) is 3.38. The molecule has 1 N–H and O–H groups in total. The Morgan fingerprint density at radius 1 is 0.889 bits per heavy atom. The molecule has 2 amide bonds. The summed E-state index contributed by atoms with van der Waals surface area (Å²) >= 11 is 0. The van der Waals surface area contributed by atoms with Gasteiger partial charge >= 0.3 is 11.8 Å². The summed E-state index contributed by atoms with van der Waals surface area (Å²) in [7, 11) is 0. The van der Waals surface area contributed by atoms with Crippen molar-refractivity contribution in [2.45, 2.75) is 25.4 Å². The third-order valence-electron chi connectivity index (χ3n) is 5.52. The normalized spacial score (nSPS) is 22.3. The summed E-state index contributed by atoms with van der Waals surface area (Å²) < 4.78 is 0. The summed E-state index contributed by atoms with van der Waals surface area (Å²) in [5, 5.41) is 2.73. The van der Waals surface area contributed by atoms with Crippen molar-refractivity contribution in [2.24, 2.45) is 5.92 Å². The molecule has 2 aromatic carbocycles. The molecule has 0 radical (unpaired) electrons. The minimum absolute atomic E-state index is 0.112. The number of fused-ring (bicyclic) bond motifs is 4. The van der Waals surface area contributed by atoms with Crippen LogP contribution in [0.4, 0.5) is 5.69 Å². The zero-order valence-corrected chi connectivity index (χ0v) is 15.4. The van der Waals surface area contributed by atoms with Gasteiger partial charge in [-0.3, -0.25) is 14.5 Å². The lowest BCUT2D eigenvalue weighted by molar-refractivity contribution is -0.146. The van der Waals surface area contributed by atoms with E-state index in [-0.39, 0.29) is 6.04 Å². The number of anilines is 1. The van der Waals surface area contributed by atoms with Gasteiger partial charge in [-0.05, 0) is 36.5 Å². The number of rotatable bonds is 3. The van der Waals surface area contributed by atoms with Crippen LogP contribution in [0.2, 0.25) is 0 Å². The van der Waals surface area contributed by atoms with E-state index >= 15 is 0 Å². The van der Waals surface area contributed by atoms with E-state index in [4.69, 9.17) is 0 Å². The van der Waals surface area contributed by atoms with Crippen molar-refractivity contribution in [3.8, 4) is 0 Å². The zero-order chi connectivity index (χ0) is 18.6. The highest BCUT2D eigenvalue weighted by molar-refractivity contribution is 6.39. The van der Waals surface area contributed by atoms with Gasteiger partial charge in [0.15, 0.2) is 0 Å². The lowest BCUT2D eigenvalue weighted by atomic mass is 9.95. The average Bonchev–Trinajstić information content (AvgIpc) is 2.99. The molecule has 3 heterocycles. The Morgan fingerprint density at radius 2 is 1.59 bits per heavy atom. The molecule has 2 aromatic rings. The lowest BCUT2D eigenvalue weighted by Crippen LogP contribution is -2.51. The maximum Gasteiger partial charge on any atom is 0.313 e. The van der Waals surface area contributed by atoms with Crippen LogP contribution in [-0.2, 0) is 16.1 Å². The third-order valence-corrected chi connectivity index (χ3v) is 5.52. The van der Waals surface area contributed by atoms with Crippen LogP contribution in [0.25, 0.3) is 0 Å². The van der Waals surface area contributed by atoms with Gasteiger partial charge in [-0.15, -0.1) is 0 Å². The first kappa shape index (κ1) is 17.7. The Hall–Kier alpha value is -2.66. The largest absolute Gasteiger partial charge is 0.330 e. The van der Waals surface area contributed by atoms with Crippen LogP contribution in [0.5, 0.6) is 0 Å². The van der Waals surface area contributed by atoms with Crippen molar-refractivity contribution < 1.29 is 9.59 Å². The standard InChI is InChI=1S/C22H25N3O2/c26-21(23-19-9-5-2-6-10-19)22(27)25-15-18-11-12-20(25)16-24(14-18)13-17-7-3-1-4-8-17/h1-10,18,20H,11-16H2,(H,23,26)/t18-,20+/m1/s1. The molecule has 2 bridgehead atoms. The first-order valence-electron chi connectivity index (χ1n) is 9.62. The molecule has 3 fully saturated rings. The molecule has 0 saturated carbocycles. The molecule has 5 nitrogen and oxygen atoms in total. The summed E-state index contributed by atoms with van der Waals surface area (Å²) in [5.74, 6) is -0.514. The molecular weight excluding hydrogens is 338 g/mol. The summed E-state index contributed by atoms with van der Waals surface area (Å²) in [6, 6.07) is 19.7. The number of carbonyl (C=O) groups excluding carboxylic acids is 2. The molecule has 0 aliphatic carbocycles. The van der Waals surface area contributed by atoms with E-state index in [1.165, 1.54) is 5.56 Å². The van der Waals surface area contributed by atoms with Crippen LogP contribution in [0.3, 0.4) is 0 Å². The highest BCUT2D eigenvalue weighted by Gasteiger charge is 2.39. The van der Waals surface area contributed by atoms with E-state index in [0.29, 0.717) is 18.2 Å². The molecule has 2 atom stereocenters. The van der Waals surface area contributed by atoms with Gasteiger partial charge in [0.05, 0.1) is 0 Å². The van der Waals surface area contributed by atoms with Gasteiger partial charge in [-0.2, -0.15) is 0 Å². The summed E-state index contributed by atoms with van der Waals surface area (Å²) in [5.41, 5.74) is 1.94. The smallest absolute Gasteiger partial charge is 0.313 e. The van der Waals surface area contributed by atoms with Crippen molar-refractivity contribution in [2.75, 3.05) is 25.0 Å². The quantitative estimate of drug-likeness (QED) is 0.853. The minimum Gasteiger partial charge on any atom is -0.330 e. The van der Waals surface area contributed by atoms with E-state index in [0.717, 1.165) is 32.5 Å². The number of nitrogens with zero attached hydrogens (tertiary/aromatic N) is 2. The van der Waals surface area contributed by atoms with E-state index < -0.39 is 11.8 Å². The molecule has 3 aliphatic rings. The summed E-state index contributed by atoms with van der Waals surface area (Å²) in [4.78, 5) is 29.5. The number of hydrogen-bond acceptors (Lipinski definition) is 3. The monoisotopic (exact) mass is 363 g/mol. The second-order valence-electron chi connectivity index (χ2n) is 7.55. The molecule has 5 rings (SSSR count). The molecule has 0 unspecified atom stereocenters. The van der Waals surface area contributed by atoms with Gasteiger partial charge in [0, 0.05) is 37.9 Å². The SMILES string of the molecule is O=C(Nc1ccccc1)C(=O)N1C[C@@H]2CC[C@H]1CN(Cc1ccccc1)C2. The molecule has 27 heavy (non-hydrogen) atoms. The van der Waals surface area contributed by atoms with E-state index in [9.17, 15) is 9.59 Å². The number of amides is 2. The molecule has 0 aromatic heterocycles. The average molecular weight is 363 g/mol.